The molecule has 2 aliphatic heterocycles. The van der Waals surface area contributed by atoms with Crippen molar-refractivity contribution >= 4 is 12.0 Å². The number of amides is 2. The molecular formula is C28H36F2N4O4. The van der Waals surface area contributed by atoms with E-state index in [9.17, 15) is 18.4 Å². The van der Waals surface area contributed by atoms with Crippen molar-refractivity contribution in [3.8, 4) is 17.0 Å². The summed E-state index contributed by atoms with van der Waals surface area (Å²) in [7, 11) is 0. The molecule has 1 unspecified atom stereocenters. The van der Waals surface area contributed by atoms with Gasteiger partial charge in [-0.05, 0) is 68.7 Å². The van der Waals surface area contributed by atoms with Crippen LogP contribution in [0.15, 0.2) is 36.5 Å². The minimum Gasteiger partial charge on any atom is -0.477 e. The highest BCUT2D eigenvalue weighted by atomic mass is 19.1. The molecule has 206 valence electrons. The van der Waals surface area contributed by atoms with Gasteiger partial charge in [-0.3, -0.25) is 4.79 Å². The fourth-order valence-electron chi connectivity index (χ4n) is 4.77. The van der Waals surface area contributed by atoms with E-state index in [1.165, 1.54) is 11.0 Å². The van der Waals surface area contributed by atoms with Gasteiger partial charge in [0, 0.05) is 37.5 Å². The largest absolute Gasteiger partial charge is 0.477 e. The lowest BCUT2D eigenvalue weighted by atomic mass is 9.98. The van der Waals surface area contributed by atoms with Crippen LogP contribution in [0.3, 0.4) is 0 Å². The highest BCUT2D eigenvalue weighted by Gasteiger charge is 2.29. The number of nitrogens with two attached hydrogens (primary N) is 1. The van der Waals surface area contributed by atoms with Crippen LogP contribution < -0.4 is 10.5 Å². The summed E-state index contributed by atoms with van der Waals surface area (Å²) in [5.41, 5.74) is 7.71. The number of carbonyl (C=O) groups is 2. The zero-order valence-corrected chi connectivity index (χ0v) is 21.9. The number of alkyl halides is 1. The molecule has 2 N–H and O–H groups in total. The number of hydrogen-bond acceptors (Lipinski definition) is 6. The van der Waals surface area contributed by atoms with E-state index in [1.54, 1.807) is 29.3 Å². The maximum Gasteiger partial charge on any atom is 0.410 e. The van der Waals surface area contributed by atoms with Gasteiger partial charge in [-0.2, -0.15) is 0 Å². The van der Waals surface area contributed by atoms with Crippen molar-refractivity contribution in [1.29, 1.82) is 0 Å². The van der Waals surface area contributed by atoms with Crippen LogP contribution in [0.25, 0.3) is 11.1 Å². The Morgan fingerprint density at radius 2 is 1.79 bits per heavy atom. The molecule has 38 heavy (non-hydrogen) atoms. The van der Waals surface area contributed by atoms with Crippen molar-refractivity contribution in [2.75, 3.05) is 32.8 Å². The summed E-state index contributed by atoms with van der Waals surface area (Å²) in [5, 5.41) is 0. The van der Waals surface area contributed by atoms with E-state index in [0.29, 0.717) is 55.6 Å². The first kappa shape index (κ1) is 27.8. The lowest BCUT2D eigenvalue weighted by molar-refractivity contribution is -0.131. The van der Waals surface area contributed by atoms with Crippen LogP contribution in [0.2, 0.25) is 0 Å². The molecule has 0 radical (unpaired) electrons. The third kappa shape index (κ3) is 7.18. The number of aromatic nitrogens is 1. The molecule has 10 heteroatoms. The van der Waals surface area contributed by atoms with Gasteiger partial charge in [0.1, 0.15) is 12.0 Å². The van der Waals surface area contributed by atoms with Crippen molar-refractivity contribution in [1.82, 2.24) is 14.8 Å². The van der Waals surface area contributed by atoms with E-state index in [1.807, 2.05) is 19.9 Å². The average molecular weight is 531 g/mol. The Morgan fingerprint density at radius 3 is 2.39 bits per heavy atom. The number of halogens is 2. The summed E-state index contributed by atoms with van der Waals surface area (Å²) in [6, 6.07) is 7.43. The van der Waals surface area contributed by atoms with Crippen molar-refractivity contribution in [2.45, 2.75) is 57.8 Å². The first-order chi connectivity index (χ1) is 18.2. The number of ether oxygens (including phenoxy) is 2. The van der Waals surface area contributed by atoms with E-state index in [4.69, 9.17) is 15.2 Å². The lowest BCUT2D eigenvalue weighted by Gasteiger charge is -2.31. The average Bonchev–Trinajstić information content (AvgIpc) is 3.34. The van der Waals surface area contributed by atoms with Crippen LogP contribution in [0.1, 0.15) is 38.7 Å². The van der Waals surface area contributed by atoms with E-state index >= 15 is 0 Å². The van der Waals surface area contributed by atoms with E-state index in [-0.39, 0.29) is 31.1 Å². The number of carbonyl (C=O) groups excluding carboxylic acids is 2. The molecule has 0 aliphatic carbocycles. The van der Waals surface area contributed by atoms with Crippen LogP contribution in [-0.2, 0) is 16.0 Å². The van der Waals surface area contributed by atoms with Crippen molar-refractivity contribution < 1.29 is 27.8 Å². The summed E-state index contributed by atoms with van der Waals surface area (Å²) in [5.74, 6) is -0.00942. The Kier molecular flexibility index (Phi) is 9.14. The molecule has 3 heterocycles. The second kappa shape index (κ2) is 12.5. The molecule has 0 spiro atoms. The molecule has 2 saturated heterocycles. The second-order valence-electron chi connectivity index (χ2n) is 10.3. The van der Waals surface area contributed by atoms with Gasteiger partial charge < -0.3 is 25.0 Å². The molecule has 1 aromatic carbocycles. The highest BCUT2D eigenvalue weighted by Crippen LogP contribution is 2.25. The van der Waals surface area contributed by atoms with Gasteiger partial charge in [0.05, 0.1) is 25.3 Å². The smallest absolute Gasteiger partial charge is 0.410 e. The molecule has 4 rings (SSSR count). The van der Waals surface area contributed by atoms with Crippen molar-refractivity contribution in [3.63, 3.8) is 0 Å². The third-order valence-electron chi connectivity index (χ3n) is 7.00. The van der Waals surface area contributed by atoms with Gasteiger partial charge >= 0.3 is 6.09 Å². The first-order valence-electron chi connectivity index (χ1n) is 13.2. The number of piperidine rings is 1. The first-order valence-corrected chi connectivity index (χ1v) is 13.2. The third-order valence-corrected chi connectivity index (χ3v) is 7.00. The molecule has 1 aromatic heterocycles. The van der Waals surface area contributed by atoms with Crippen LogP contribution in [0.4, 0.5) is 13.6 Å². The standard InChI is InChI=1S/C28H36F2N4O4/c1-18(2)38-28(36)33-10-7-19(8-11-33)17-37-26-6-5-22(15-32-26)20-3-4-21(24(30)13-20)14-25(31)27(35)34-12-9-23(29)16-34/h3-6,13,15,18-19,23,25H,7-12,14,16-17,31H2,1-2H3/t23-,25?/m0/s1. The Hall–Kier alpha value is -3.27. The van der Waals surface area contributed by atoms with Gasteiger partial charge in [0.15, 0.2) is 0 Å². The maximum absolute atomic E-state index is 14.8. The molecule has 0 bridgehead atoms. The molecule has 2 aliphatic rings. The molecular weight excluding hydrogens is 494 g/mol. The number of benzene rings is 1. The highest BCUT2D eigenvalue weighted by molar-refractivity contribution is 5.82. The van der Waals surface area contributed by atoms with E-state index in [0.717, 1.165) is 18.4 Å². The molecule has 8 nitrogen and oxygen atoms in total. The number of nitrogens with zero attached hydrogens (tertiary/aromatic N) is 3. The predicted octanol–water partition coefficient (Wildman–Crippen LogP) is 3.96. The number of likely N-dealkylation sites (tertiary alicyclic amines) is 2. The normalized spacial score (nSPS) is 19.1. The molecule has 0 saturated carbocycles. The van der Waals surface area contributed by atoms with E-state index < -0.39 is 18.0 Å². The number of rotatable bonds is 8. The van der Waals surface area contributed by atoms with Gasteiger partial charge in [0.25, 0.3) is 0 Å². The zero-order valence-electron chi connectivity index (χ0n) is 21.9. The Morgan fingerprint density at radius 1 is 1.08 bits per heavy atom. The van der Waals surface area contributed by atoms with Gasteiger partial charge in [-0.25, -0.2) is 18.6 Å². The SMILES string of the molecule is CC(C)OC(=O)N1CCC(COc2ccc(-c3ccc(CC(N)C(=O)N4CC[C@H](F)C4)c(F)c3)cn2)CC1. The van der Waals surface area contributed by atoms with Crippen LogP contribution in [-0.4, -0.2) is 77.9 Å². The van der Waals surface area contributed by atoms with Gasteiger partial charge in [-0.1, -0.05) is 12.1 Å². The van der Waals surface area contributed by atoms with Crippen LogP contribution in [0, 0.1) is 11.7 Å². The van der Waals surface area contributed by atoms with E-state index in [2.05, 4.69) is 4.98 Å². The van der Waals surface area contributed by atoms with Crippen molar-refractivity contribution in [2.24, 2.45) is 11.7 Å². The molecule has 2 aromatic rings. The fourth-order valence-corrected chi connectivity index (χ4v) is 4.77. The fraction of sp³-hybridized carbons (Fsp3) is 0.536. The summed E-state index contributed by atoms with van der Waals surface area (Å²) >= 11 is 0. The number of hydrogen-bond donors (Lipinski definition) is 1. The summed E-state index contributed by atoms with van der Waals surface area (Å²) < 4.78 is 39.3. The van der Waals surface area contributed by atoms with Crippen molar-refractivity contribution in [3.05, 3.63) is 47.9 Å². The van der Waals surface area contributed by atoms with Gasteiger partial charge in [0.2, 0.25) is 11.8 Å². The summed E-state index contributed by atoms with van der Waals surface area (Å²) in [4.78, 5) is 31.9. The summed E-state index contributed by atoms with van der Waals surface area (Å²) in [6.07, 6.45) is 2.24. The van der Waals surface area contributed by atoms with Gasteiger partial charge in [-0.15, -0.1) is 0 Å². The Balaban J connectivity index is 1.26. The monoisotopic (exact) mass is 530 g/mol. The zero-order chi connectivity index (χ0) is 27.2. The quantitative estimate of drug-likeness (QED) is 0.555. The van der Waals surface area contributed by atoms with Crippen LogP contribution >= 0.6 is 0 Å². The minimum atomic E-state index is -1.02. The second-order valence-corrected chi connectivity index (χ2v) is 10.3. The molecule has 2 amide bonds. The Labute approximate surface area is 222 Å². The molecule has 2 atom stereocenters. The molecule has 2 fully saturated rings. The number of pyridine rings is 1. The predicted molar refractivity (Wildman–Crippen MR) is 139 cm³/mol. The maximum atomic E-state index is 14.8. The minimum absolute atomic E-state index is 0.0429. The Bertz CT molecular complexity index is 1110. The lowest BCUT2D eigenvalue weighted by Crippen LogP contribution is -2.44. The topological polar surface area (TPSA) is 98.0 Å². The summed E-state index contributed by atoms with van der Waals surface area (Å²) in [6.45, 7) is 5.86. The van der Waals surface area contributed by atoms with Crippen LogP contribution in [0.5, 0.6) is 5.88 Å².